The standard InChI is InChI=1S/C13H13N3O/c1-13(10-5-3-2-4-6-10)9-11-14-8-7-12(17)16(11)15-13/h2-9,14-15H,1H3. The van der Waals surface area contributed by atoms with E-state index in [9.17, 15) is 4.79 Å². The number of hydrogen-bond donors (Lipinski definition) is 2. The van der Waals surface area contributed by atoms with E-state index in [1.54, 1.807) is 6.20 Å². The van der Waals surface area contributed by atoms with Crippen molar-refractivity contribution in [3.8, 4) is 0 Å². The second-order valence-electron chi connectivity index (χ2n) is 4.36. The summed E-state index contributed by atoms with van der Waals surface area (Å²) in [5.41, 5.74) is 3.98. The van der Waals surface area contributed by atoms with Crippen LogP contribution < -0.4 is 10.7 Å². The number of hydrogen-bond acceptors (Lipinski definition) is 3. The summed E-state index contributed by atoms with van der Waals surface area (Å²) in [4.78, 5) is 11.7. The van der Waals surface area contributed by atoms with Gasteiger partial charge in [0.25, 0.3) is 5.91 Å². The maximum atomic E-state index is 11.7. The maximum absolute atomic E-state index is 11.7. The smallest absolute Gasteiger partial charge is 0.268 e. The first kappa shape index (κ1) is 10.1. The highest BCUT2D eigenvalue weighted by Crippen LogP contribution is 2.30. The number of nitrogens with one attached hydrogen (secondary N) is 2. The monoisotopic (exact) mass is 227 g/mol. The summed E-state index contributed by atoms with van der Waals surface area (Å²) in [6.45, 7) is 2.04. The Balaban J connectivity index is 1.99. The van der Waals surface area contributed by atoms with Crippen molar-refractivity contribution in [1.29, 1.82) is 0 Å². The van der Waals surface area contributed by atoms with Gasteiger partial charge < -0.3 is 5.32 Å². The minimum absolute atomic E-state index is 0.0605. The van der Waals surface area contributed by atoms with E-state index < -0.39 is 0 Å². The Kier molecular flexibility index (Phi) is 2.06. The Morgan fingerprint density at radius 1 is 1.24 bits per heavy atom. The van der Waals surface area contributed by atoms with Gasteiger partial charge in [0.15, 0.2) is 0 Å². The predicted octanol–water partition coefficient (Wildman–Crippen LogP) is 1.21. The lowest BCUT2D eigenvalue weighted by Crippen LogP contribution is -2.48. The lowest BCUT2D eigenvalue weighted by Gasteiger charge is -2.28. The van der Waals surface area contributed by atoms with E-state index in [0.717, 1.165) is 11.4 Å². The summed E-state index contributed by atoms with van der Waals surface area (Å²) < 4.78 is 0. The summed E-state index contributed by atoms with van der Waals surface area (Å²) >= 11 is 0. The fraction of sp³-hybridized carbons (Fsp3) is 0.154. The second-order valence-corrected chi connectivity index (χ2v) is 4.36. The van der Waals surface area contributed by atoms with Gasteiger partial charge in [0.1, 0.15) is 5.82 Å². The third kappa shape index (κ3) is 1.54. The van der Waals surface area contributed by atoms with Crippen LogP contribution in [-0.2, 0) is 10.3 Å². The van der Waals surface area contributed by atoms with Crippen molar-refractivity contribution in [3.63, 3.8) is 0 Å². The Morgan fingerprint density at radius 2 is 2.00 bits per heavy atom. The van der Waals surface area contributed by atoms with Crippen LogP contribution in [0, 0.1) is 0 Å². The maximum Gasteiger partial charge on any atom is 0.268 e. The molecule has 4 nitrogen and oxygen atoms in total. The number of amides is 1. The summed E-state index contributed by atoms with van der Waals surface area (Å²) in [6.07, 6.45) is 5.17. The van der Waals surface area contributed by atoms with Crippen molar-refractivity contribution >= 4 is 5.91 Å². The zero-order valence-corrected chi connectivity index (χ0v) is 9.47. The van der Waals surface area contributed by atoms with E-state index in [4.69, 9.17) is 0 Å². The molecule has 1 unspecified atom stereocenters. The molecule has 0 radical (unpaired) electrons. The first-order valence-corrected chi connectivity index (χ1v) is 5.52. The Bertz CT molecular complexity index is 521. The quantitative estimate of drug-likeness (QED) is 0.758. The van der Waals surface area contributed by atoms with E-state index >= 15 is 0 Å². The van der Waals surface area contributed by atoms with Crippen molar-refractivity contribution in [2.75, 3.05) is 0 Å². The van der Waals surface area contributed by atoms with E-state index in [1.165, 1.54) is 11.1 Å². The minimum atomic E-state index is -0.356. The van der Waals surface area contributed by atoms with Gasteiger partial charge in [-0.15, -0.1) is 0 Å². The molecule has 4 heteroatoms. The average Bonchev–Trinajstić information content (AvgIpc) is 2.70. The molecule has 1 amide bonds. The lowest BCUT2D eigenvalue weighted by molar-refractivity contribution is -0.127. The predicted molar refractivity (Wildman–Crippen MR) is 64.1 cm³/mol. The number of carbonyl (C=O) groups is 1. The summed E-state index contributed by atoms with van der Waals surface area (Å²) in [5, 5.41) is 4.59. The molecule has 0 bridgehead atoms. The van der Waals surface area contributed by atoms with E-state index in [0.29, 0.717) is 0 Å². The molecule has 0 aromatic heterocycles. The molecule has 1 atom stereocenters. The number of hydrazine groups is 1. The van der Waals surface area contributed by atoms with Crippen LogP contribution in [0.1, 0.15) is 12.5 Å². The molecule has 0 saturated heterocycles. The SMILES string of the molecule is CC1(c2ccccc2)C=C2NC=CC(=O)N2N1. The van der Waals surface area contributed by atoms with E-state index in [-0.39, 0.29) is 11.4 Å². The average molecular weight is 227 g/mol. The van der Waals surface area contributed by atoms with Crippen LogP contribution in [0.3, 0.4) is 0 Å². The van der Waals surface area contributed by atoms with E-state index in [2.05, 4.69) is 10.7 Å². The number of carbonyl (C=O) groups excluding carboxylic acids is 1. The summed E-state index contributed by atoms with van der Waals surface area (Å²) in [7, 11) is 0. The van der Waals surface area contributed by atoms with Crippen LogP contribution >= 0.6 is 0 Å². The molecule has 0 fully saturated rings. The molecule has 2 heterocycles. The molecule has 0 saturated carbocycles. The number of rotatable bonds is 1. The van der Waals surface area contributed by atoms with Crippen molar-refractivity contribution in [3.05, 3.63) is 60.1 Å². The molecule has 2 N–H and O–H groups in total. The minimum Gasteiger partial charge on any atom is -0.347 e. The second kappa shape index (κ2) is 3.46. The van der Waals surface area contributed by atoms with Crippen molar-refractivity contribution in [1.82, 2.24) is 15.8 Å². The van der Waals surface area contributed by atoms with Crippen LogP contribution in [0.5, 0.6) is 0 Å². The van der Waals surface area contributed by atoms with Gasteiger partial charge in [-0.05, 0) is 18.6 Å². The molecule has 1 aromatic rings. The summed E-state index contributed by atoms with van der Waals surface area (Å²) in [6, 6.07) is 10.0. The number of fused-ring (bicyclic) bond motifs is 1. The largest absolute Gasteiger partial charge is 0.347 e. The Labute approximate surface area is 99.6 Å². The van der Waals surface area contributed by atoms with E-state index in [1.807, 2.05) is 43.3 Å². The highest BCUT2D eigenvalue weighted by atomic mass is 16.2. The molecular formula is C13H13N3O. The Hall–Kier alpha value is -2.07. The number of nitrogens with zero attached hydrogens (tertiary/aromatic N) is 1. The summed E-state index contributed by atoms with van der Waals surface area (Å²) in [5.74, 6) is 0.721. The molecule has 0 aliphatic carbocycles. The first-order chi connectivity index (χ1) is 8.19. The van der Waals surface area contributed by atoms with Crippen LogP contribution in [-0.4, -0.2) is 10.9 Å². The lowest BCUT2D eigenvalue weighted by atomic mass is 9.93. The highest BCUT2D eigenvalue weighted by molar-refractivity contribution is 5.90. The topological polar surface area (TPSA) is 44.4 Å². The third-order valence-corrected chi connectivity index (χ3v) is 3.06. The molecule has 0 spiro atoms. The molecule has 86 valence electrons. The van der Waals surface area contributed by atoms with Gasteiger partial charge in [0.2, 0.25) is 0 Å². The highest BCUT2D eigenvalue weighted by Gasteiger charge is 2.37. The van der Waals surface area contributed by atoms with Crippen LogP contribution in [0.25, 0.3) is 0 Å². The molecule has 1 aromatic carbocycles. The van der Waals surface area contributed by atoms with Gasteiger partial charge in [0, 0.05) is 12.3 Å². The normalized spacial score (nSPS) is 26.5. The van der Waals surface area contributed by atoms with Gasteiger partial charge in [0.05, 0.1) is 5.54 Å². The number of benzene rings is 1. The van der Waals surface area contributed by atoms with Gasteiger partial charge in [-0.2, -0.15) is 0 Å². The fourth-order valence-corrected chi connectivity index (χ4v) is 2.15. The third-order valence-electron chi connectivity index (χ3n) is 3.06. The first-order valence-electron chi connectivity index (χ1n) is 5.52. The molecule has 2 aliphatic heterocycles. The van der Waals surface area contributed by atoms with Crippen LogP contribution in [0.15, 0.2) is 54.5 Å². The van der Waals surface area contributed by atoms with Crippen LogP contribution in [0.2, 0.25) is 0 Å². The van der Waals surface area contributed by atoms with Gasteiger partial charge in [-0.1, -0.05) is 30.3 Å². The van der Waals surface area contributed by atoms with Crippen LogP contribution in [0.4, 0.5) is 0 Å². The van der Waals surface area contributed by atoms with Gasteiger partial charge in [-0.3, -0.25) is 4.79 Å². The van der Waals surface area contributed by atoms with Crippen molar-refractivity contribution < 1.29 is 4.79 Å². The Morgan fingerprint density at radius 3 is 2.71 bits per heavy atom. The zero-order chi connectivity index (χ0) is 11.9. The van der Waals surface area contributed by atoms with Gasteiger partial charge in [-0.25, -0.2) is 10.4 Å². The van der Waals surface area contributed by atoms with Gasteiger partial charge >= 0.3 is 0 Å². The van der Waals surface area contributed by atoms with Crippen molar-refractivity contribution in [2.45, 2.75) is 12.5 Å². The molecule has 3 rings (SSSR count). The zero-order valence-electron chi connectivity index (χ0n) is 9.47. The molecule has 2 aliphatic rings. The fourth-order valence-electron chi connectivity index (χ4n) is 2.15. The van der Waals surface area contributed by atoms with Crippen molar-refractivity contribution in [2.24, 2.45) is 0 Å². The molecular weight excluding hydrogens is 214 g/mol. The molecule has 17 heavy (non-hydrogen) atoms.